The molecule has 0 saturated carbocycles. The van der Waals surface area contributed by atoms with Gasteiger partial charge in [-0.25, -0.2) is 0 Å². The molecule has 20 heavy (non-hydrogen) atoms. The second-order valence-electron chi connectivity index (χ2n) is 3.86. The van der Waals surface area contributed by atoms with Gasteiger partial charge in [0.05, 0.1) is 24.2 Å². The summed E-state index contributed by atoms with van der Waals surface area (Å²) in [6, 6.07) is 4.15. The van der Waals surface area contributed by atoms with Gasteiger partial charge in [0.1, 0.15) is 6.07 Å². The molecule has 0 unspecified atom stereocenters. The highest BCUT2D eigenvalue weighted by molar-refractivity contribution is 9.08. The number of benzene rings is 1. The van der Waals surface area contributed by atoms with E-state index in [1.54, 1.807) is 13.0 Å². The maximum Gasteiger partial charge on any atom is 0.417 e. The Bertz CT molecular complexity index is 550. The van der Waals surface area contributed by atoms with Gasteiger partial charge in [-0.05, 0) is 18.1 Å². The molecule has 0 N–H and O–H groups in total. The smallest absolute Gasteiger partial charge is 0.417 e. The van der Waals surface area contributed by atoms with Crippen LogP contribution in [0.1, 0.15) is 29.2 Å². The van der Waals surface area contributed by atoms with Gasteiger partial charge in [-0.3, -0.25) is 4.79 Å². The standard InChI is InChI=1S/C13H11BrF3NO2/c1-2-20-11(19)5-8-3-4-9(6-14)12(10(8)7-18)13(15,16)17/h3-4H,2,5-6H2,1H3. The fourth-order valence-electron chi connectivity index (χ4n) is 1.77. The highest BCUT2D eigenvalue weighted by Gasteiger charge is 2.37. The van der Waals surface area contributed by atoms with Crippen LogP contribution in [0.15, 0.2) is 12.1 Å². The Morgan fingerprint density at radius 3 is 2.45 bits per heavy atom. The molecule has 0 amide bonds. The summed E-state index contributed by atoms with van der Waals surface area (Å²) in [5, 5.41) is 8.98. The third kappa shape index (κ3) is 3.73. The molecule has 0 aliphatic rings. The fraction of sp³-hybridized carbons (Fsp3) is 0.385. The van der Waals surface area contributed by atoms with E-state index in [9.17, 15) is 18.0 Å². The average Bonchev–Trinajstić information content (AvgIpc) is 2.37. The number of halogens is 4. The summed E-state index contributed by atoms with van der Waals surface area (Å²) in [6.45, 7) is 1.73. The lowest BCUT2D eigenvalue weighted by atomic mass is 9.95. The normalized spacial score (nSPS) is 11.0. The molecule has 1 aromatic carbocycles. The van der Waals surface area contributed by atoms with Gasteiger partial charge in [0.2, 0.25) is 0 Å². The van der Waals surface area contributed by atoms with E-state index < -0.39 is 23.3 Å². The van der Waals surface area contributed by atoms with E-state index >= 15 is 0 Å². The van der Waals surface area contributed by atoms with Gasteiger partial charge in [-0.15, -0.1) is 0 Å². The Morgan fingerprint density at radius 2 is 2.00 bits per heavy atom. The van der Waals surface area contributed by atoms with Crippen molar-refractivity contribution in [1.82, 2.24) is 0 Å². The van der Waals surface area contributed by atoms with Crippen LogP contribution in [0.4, 0.5) is 13.2 Å². The lowest BCUT2D eigenvalue weighted by molar-refractivity contribution is -0.143. The Kier molecular flexibility index (Phi) is 5.57. The van der Waals surface area contributed by atoms with Crippen molar-refractivity contribution in [3.8, 4) is 6.07 Å². The Balaban J connectivity index is 3.36. The van der Waals surface area contributed by atoms with E-state index in [2.05, 4.69) is 20.7 Å². The van der Waals surface area contributed by atoms with Gasteiger partial charge in [0.25, 0.3) is 0 Å². The summed E-state index contributed by atoms with van der Waals surface area (Å²) in [7, 11) is 0. The van der Waals surface area contributed by atoms with Gasteiger partial charge in [-0.1, -0.05) is 28.1 Å². The predicted octanol–water partition coefficient (Wildman–Crippen LogP) is 3.58. The molecule has 0 bridgehead atoms. The van der Waals surface area contributed by atoms with Crippen LogP contribution in [0.25, 0.3) is 0 Å². The molecule has 0 aromatic heterocycles. The Morgan fingerprint density at radius 1 is 1.40 bits per heavy atom. The van der Waals surface area contributed by atoms with Gasteiger partial charge in [-0.2, -0.15) is 18.4 Å². The minimum Gasteiger partial charge on any atom is -0.466 e. The maximum atomic E-state index is 13.1. The summed E-state index contributed by atoms with van der Waals surface area (Å²) in [5.74, 6) is -0.663. The van der Waals surface area contributed by atoms with Crippen molar-refractivity contribution in [2.45, 2.75) is 24.9 Å². The molecule has 0 spiro atoms. The number of carbonyl (C=O) groups excluding carboxylic acids is 1. The Hall–Kier alpha value is -1.55. The second-order valence-corrected chi connectivity index (χ2v) is 4.42. The van der Waals surface area contributed by atoms with Gasteiger partial charge in [0, 0.05) is 5.33 Å². The molecule has 0 heterocycles. The molecule has 1 aromatic rings. The van der Waals surface area contributed by atoms with Crippen LogP contribution in [-0.4, -0.2) is 12.6 Å². The fourth-order valence-corrected chi connectivity index (χ4v) is 2.23. The average molecular weight is 350 g/mol. The zero-order valence-corrected chi connectivity index (χ0v) is 12.1. The first kappa shape index (κ1) is 16.5. The lowest BCUT2D eigenvalue weighted by Crippen LogP contribution is -2.15. The SMILES string of the molecule is CCOC(=O)Cc1ccc(CBr)c(C(F)(F)F)c1C#N. The largest absolute Gasteiger partial charge is 0.466 e. The van der Waals surface area contributed by atoms with E-state index in [1.165, 1.54) is 12.1 Å². The molecule has 7 heteroatoms. The maximum absolute atomic E-state index is 13.1. The molecule has 0 aliphatic heterocycles. The molecule has 3 nitrogen and oxygen atoms in total. The summed E-state index contributed by atoms with van der Waals surface area (Å²) >= 11 is 2.96. The highest BCUT2D eigenvalue weighted by Crippen LogP contribution is 2.37. The van der Waals surface area contributed by atoms with Gasteiger partial charge < -0.3 is 4.74 Å². The van der Waals surface area contributed by atoms with E-state index in [1.807, 2.05) is 0 Å². The highest BCUT2D eigenvalue weighted by atomic mass is 79.9. The third-order valence-electron chi connectivity index (χ3n) is 2.56. The first-order valence-corrected chi connectivity index (χ1v) is 6.80. The van der Waals surface area contributed by atoms with E-state index in [0.717, 1.165) is 0 Å². The zero-order chi connectivity index (χ0) is 15.3. The molecule has 0 radical (unpaired) electrons. The molecule has 0 fully saturated rings. The molecule has 108 valence electrons. The van der Waals surface area contributed by atoms with Crippen molar-refractivity contribution >= 4 is 21.9 Å². The topological polar surface area (TPSA) is 50.1 Å². The van der Waals surface area contributed by atoms with Gasteiger partial charge in [0.15, 0.2) is 0 Å². The van der Waals surface area contributed by atoms with Gasteiger partial charge >= 0.3 is 12.1 Å². The third-order valence-corrected chi connectivity index (χ3v) is 3.16. The summed E-state index contributed by atoms with van der Waals surface area (Å²) < 4.78 is 43.9. The number of rotatable bonds is 4. The quantitative estimate of drug-likeness (QED) is 0.616. The van der Waals surface area contributed by atoms with Crippen LogP contribution in [0.3, 0.4) is 0 Å². The number of nitriles is 1. The van der Waals surface area contributed by atoms with E-state index in [0.29, 0.717) is 0 Å². The monoisotopic (exact) mass is 349 g/mol. The first-order valence-electron chi connectivity index (χ1n) is 5.68. The predicted molar refractivity (Wildman–Crippen MR) is 69.1 cm³/mol. The van der Waals surface area contributed by atoms with Crippen molar-refractivity contribution in [1.29, 1.82) is 5.26 Å². The number of hydrogen-bond donors (Lipinski definition) is 0. The van der Waals surface area contributed by atoms with Crippen LogP contribution < -0.4 is 0 Å². The van der Waals surface area contributed by atoms with Crippen LogP contribution in [0.5, 0.6) is 0 Å². The lowest BCUT2D eigenvalue weighted by Gasteiger charge is -2.15. The molecule has 0 aliphatic carbocycles. The van der Waals surface area contributed by atoms with Crippen LogP contribution in [-0.2, 0) is 27.5 Å². The molecule has 1 rings (SSSR count). The number of nitrogens with zero attached hydrogens (tertiary/aromatic N) is 1. The van der Waals surface area contributed by atoms with Crippen molar-refractivity contribution in [2.24, 2.45) is 0 Å². The summed E-state index contributed by atoms with van der Waals surface area (Å²) in [5.41, 5.74) is -1.55. The van der Waals surface area contributed by atoms with Crippen molar-refractivity contribution in [3.63, 3.8) is 0 Å². The molecule has 0 saturated heterocycles. The van der Waals surface area contributed by atoms with Crippen molar-refractivity contribution in [3.05, 3.63) is 34.4 Å². The minimum absolute atomic E-state index is 0.0166. The van der Waals surface area contributed by atoms with Crippen molar-refractivity contribution < 1.29 is 22.7 Å². The van der Waals surface area contributed by atoms with Crippen LogP contribution in [0, 0.1) is 11.3 Å². The molecule has 0 atom stereocenters. The van der Waals surface area contributed by atoms with Crippen LogP contribution >= 0.6 is 15.9 Å². The minimum atomic E-state index is -4.65. The van der Waals surface area contributed by atoms with E-state index in [4.69, 9.17) is 5.26 Å². The summed E-state index contributed by atoms with van der Waals surface area (Å²) in [6.07, 6.45) is -5.01. The molecular formula is C13H11BrF3NO2. The Labute approximate surface area is 122 Å². The van der Waals surface area contributed by atoms with E-state index in [-0.39, 0.29) is 29.5 Å². The van der Waals surface area contributed by atoms with Crippen LogP contribution in [0.2, 0.25) is 0 Å². The number of ether oxygens (including phenoxy) is 1. The summed E-state index contributed by atoms with van der Waals surface area (Å²) in [4.78, 5) is 11.4. The van der Waals surface area contributed by atoms with Crippen molar-refractivity contribution in [2.75, 3.05) is 6.61 Å². The number of hydrogen-bond acceptors (Lipinski definition) is 3. The number of carbonyl (C=O) groups is 1. The first-order chi connectivity index (χ1) is 9.35. The number of esters is 1. The number of alkyl halides is 4. The second kappa shape index (κ2) is 6.75. The molecular weight excluding hydrogens is 339 g/mol. The zero-order valence-electron chi connectivity index (χ0n) is 10.6.